The molecule has 0 bridgehead atoms. The van der Waals surface area contributed by atoms with E-state index in [-0.39, 0.29) is 0 Å². The molecule has 1 heterocycles. The Kier molecular flexibility index (Phi) is 1.11. The fourth-order valence-corrected chi connectivity index (χ4v) is 0.337. The SMILES string of the molecule is F[CH]c1ccoc1. The van der Waals surface area contributed by atoms with E-state index in [1.807, 2.05) is 0 Å². The van der Waals surface area contributed by atoms with Crippen LogP contribution < -0.4 is 0 Å². The molecule has 0 saturated heterocycles. The van der Waals surface area contributed by atoms with Gasteiger partial charge in [-0.15, -0.1) is 0 Å². The van der Waals surface area contributed by atoms with Crippen molar-refractivity contribution < 1.29 is 8.81 Å². The Bertz CT molecular complexity index is 123. The van der Waals surface area contributed by atoms with Crippen molar-refractivity contribution in [2.24, 2.45) is 0 Å². The highest BCUT2D eigenvalue weighted by molar-refractivity contribution is 5.11. The number of furan rings is 1. The van der Waals surface area contributed by atoms with Gasteiger partial charge in [-0.25, -0.2) is 4.39 Å². The molecule has 0 atom stereocenters. The Labute approximate surface area is 40.8 Å². The van der Waals surface area contributed by atoms with Crippen LogP contribution in [0.15, 0.2) is 23.0 Å². The summed E-state index contributed by atoms with van der Waals surface area (Å²) in [6.07, 6.45) is 2.76. The molecule has 1 radical (unpaired) electrons. The molecule has 0 aliphatic rings. The van der Waals surface area contributed by atoms with Crippen molar-refractivity contribution >= 4 is 0 Å². The molecule has 0 fully saturated rings. The highest BCUT2D eigenvalue weighted by Crippen LogP contribution is 2.01. The average Bonchev–Trinajstić information content (AvgIpc) is 2.14. The Morgan fingerprint density at radius 2 is 2.57 bits per heavy atom. The molecular formula is C5H4FO. The minimum atomic E-state index is 0.472. The van der Waals surface area contributed by atoms with Crippen molar-refractivity contribution in [3.05, 3.63) is 30.8 Å². The molecule has 0 saturated carbocycles. The molecule has 0 N–H and O–H groups in total. The fourth-order valence-electron chi connectivity index (χ4n) is 0.337. The van der Waals surface area contributed by atoms with Crippen LogP contribution in [0.1, 0.15) is 5.56 Å². The first-order chi connectivity index (χ1) is 3.43. The van der Waals surface area contributed by atoms with E-state index < -0.39 is 0 Å². The zero-order valence-corrected chi connectivity index (χ0v) is 3.60. The molecule has 1 nitrogen and oxygen atoms in total. The van der Waals surface area contributed by atoms with Crippen LogP contribution in [0, 0.1) is 6.67 Å². The second kappa shape index (κ2) is 1.78. The van der Waals surface area contributed by atoms with E-state index in [4.69, 9.17) is 0 Å². The maximum absolute atomic E-state index is 11.4. The van der Waals surface area contributed by atoms with Gasteiger partial charge in [0.25, 0.3) is 0 Å². The van der Waals surface area contributed by atoms with Crippen LogP contribution in [0.25, 0.3) is 0 Å². The minimum absolute atomic E-state index is 0.472. The van der Waals surface area contributed by atoms with Crippen LogP contribution in [-0.2, 0) is 0 Å². The summed E-state index contributed by atoms with van der Waals surface area (Å²) < 4.78 is 15.9. The van der Waals surface area contributed by atoms with Gasteiger partial charge in [0, 0.05) is 5.56 Å². The predicted molar refractivity (Wildman–Crippen MR) is 23.2 cm³/mol. The van der Waals surface area contributed by atoms with Crippen LogP contribution in [0.2, 0.25) is 0 Å². The number of hydrogen-bond donors (Lipinski definition) is 0. The second-order valence-corrected chi connectivity index (χ2v) is 1.17. The van der Waals surface area contributed by atoms with Crippen molar-refractivity contribution in [2.45, 2.75) is 0 Å². The summed E-state index contributed by atoms with van der Waals surface area (Å²) >= 11 is 0. The first kappa shape index (κ1) is 4.37. The third kappa shape index (κ3) is 0.796. The molecule has 0 aromatic carbocycles. The lowest BCUT2D eigenvalue weighted by atomic mass is 10.4. The largest absolute Gasteiger partial charge is 0.472 e. The maximum atomic E-state index is 11.4. The van der Waals surface area contributed by atoms with Crippen molar-refractivity contribution in [3.63, 3.8) is 0 Å². The van der Waals surface area contributed by atoms with Gasteiger partial charge in [0.2, 0.25) is 0 Å². The number of hydrogen-bond acceptors (Lipinski definition) is 1. The molecule has 37 valence electrons. The summed E-state index contributed by atoms with van der Waals surface area (Å²) in [6.45, 7) is 0.490. The summed E-state index contributed by atoms with van der Waals surface area (Å²) in [5.74, 6) is 0. The molecule has 0 unspecified atom stereocenters. The summed E-state index contributed by atoms with van der Waals surface area (Å²) in [4.78, 5) is 0. The monoisotopic (exact) mass is 99.0 g/mol. The quantitative estimate of drug-likeness (QED) is 0.522. The molecule has 0 amide bonds. The van der Waals surface area contributed by atoms with Gasteiger partial charge in [-0.1, -0.05) is 0 Å². The predicted octanol–water partition coefficient (Wildman–Crippen LogP) is 1.76. The van der Waals surface area contributed by atoms with Crippen LogP contribution >= 0.6 is 0 Å². The molecule has 1 rings (SSSR count). The van der Waals surface area contributed by atoms with Crippen molar-refractivity contribution in [2.75, 3.05) is 0 Å². The summed E-state index contributed by atoms with van der Waals surface area (Å²) in [6, 6.07) is 1.54. The molecule has 0 aliphatic carbocycles. The third-order valence-corrected chi connectivity index (χ3v) is 0.669. The van der Waals surface area contributed by atoms with Gasteiger partial charge < -0.3 is 4.42 Å². The molecule has 0 aliphatic heterocycles. The molecule has 1 aromatic heterocycles. The Balaban J connectivity index is 2.76. The lowest BCUT2D eigenvalue weighted by Crippen LogP contribution is -1.60. The summed E-state index contributed by atoms with van der Waals surface area (Å²) in [5, 5.41) is 0. The fraction of sp³-hybridized carbons (Fsp3) is 0. The zero-order valence-electron chi connectivity index (χ0n) is 3.60. The van der Waals surface area contributed by atoms with Crippen LogP contribution in [-0.4, -0.2) is 0 Å². The smallest absolute Gasteiger partial charge is 0.164 e. The van der Waals surface area contributed by atoms with E-state index in [0.717, 1.165) is 0 Å². The van der Waals surface area contributed by atoms with Gasteiger partial charge in [-0.05, 0) is 6.07 Å². The molecule has 1 aromatic rings. The lowest BCUT2D eigenvalue weighted by molar-refractivity contribution is 0.560. The summed E-state index contributed by atoms with van der Waals surface area (Å²) in [7, 11) is 0. The molecular weight excluding hydrogens is 95.1 g/mol. The second-order valence-electron chi connectivity index (χ2n) is 1.17. The van der Waals surface area contributed by atoms with Crippen LogP contribution in [0.5, 0.6) is 0 Å². The van der Waals surface area contributed by atoms with Crippen molar-refractivity contribution in [1.29, 1.82) is 0 Å². The lowest BCUT2D eigenvalue weighted by Gasteiger charge is -1.72. The highest BCUT2D eigenvalue weighted by Gasteiger charge is 1.88. The van der Waals surface area contributed by atoms with E-state index in [0.29, 0.717) is 12.2 Å². The number of rotatable bonds is 1. The van der Waals surface area contributed by atoms with Crippen LogP contribution in [0.4, 0.5) is 4.39 Å². The Morgan fingerprint density at radius 3 is 2.86 bits per heavy atom. The maximum Gasteiger partial charge on any atom is 0.164 e. The molecule has 2 heteroatoms. The normalized spacial score (nSPS) is 9.29. The van der Waals surface area contributed by atoms with Crippen molar-refractivity contribution in [3.8, 4) is 0 Å². The van der Waals surface area contributed by atoms with Gasteiger partial charge >= 0.3 is 0 Å². The topological polar surface area (TPSA) is 13.1 Å². The number of halogens is 1. The van der Waals surface area contributed by atoms with E-state index in [1.54, 1.807) is 6.07 Å². The van der Waals surface area contributed by atoms with Crippen molar-refractivity contribution in [1.82, 2.24) is 0 Å². The van der Waals surface area contributed by atoms with Gasteiger partial charge in [0.1, 0.15) is 0 Å². The third-order valence-electron chi connectivity index (χ3n) is 0.669. The average molecular weight is 99.1 g/mol. The Morgan fingerprint density at radius 1 is 1.71 bits per heavy atom. The first-order valence-electron chi connectivity index (χ1n) is 1.89. The zero-order chi connectivity index (χ0) is 5.11. The summed E-state index contributed by atoms with van der Waals surface area (Å²) in [5.41, 5.74) is 0.472. The van der Waals surface area contributed by atoms with Gasteiger partial charge in [-0.2, -0.15) is 0 Å². The van der Waals surface area contributed by atoms with E-state index in [1.165, 1.54) is 12.5 Å². The first-order valence-corrected chi connectivity index (χ1v) is 1.89. The minimum Gasteiger partial charge on any atom is -0.472 e. The van der Waals surface area contributed by atoms with E-state index >= 15 is 0 Å². The van der Waals surface area contributed by atoms with Gasteiger partial charge in [-0.3, -0.25) is 0 Å². The van der Waals surface area contributed by atoms with Gasteiger partial charge in [0.15, 0.2) is 6.67 Å². The van der Waals surface area contributed by atoms with E-state index in [2.05, 4.69) is 4.42 Å². The standard InChI is InChI=1S/C5H4FO/c6-3-5-1-2-7-4-5/h1-4H. The van der Waals surface area contributed by atoms with Gasteiger partial charge in [0.05, 0.1) is 12.5 Å². The van der Waals surface area contributed by atoms with E-state index in [9.17, 15) is 4.39 Å². The molecule has 0 spiro atoms. The Hall–Kier alpha value is -0.790. The van der Waals surface area contributed by atoms with Crippen LogP contribution in [0.3, 0.4) is 0 Å². The molecule has 7 heavy (non-hydrogen) atoms. The highest BCUT2D eigenvalue weighted by atomic mass is 19.1.